The molecule has 2 heterocycles. The first-order chi connectivity index (χ1) is 6.25. The number of hydrogen-bond acceptors (Lipinski definition) is 4. The zero-order valence-electron chi connectivity index (χ0n) is 7.12. The second kappa shape index (κ2) is 3.18. The highest BCUT2D eigenvalue weighted by molar-refractivity contribution is 5.20. The Hall–Kier alpha value is -1.36. The Kier molecular flexibility index (Phi) is 2.02. The molecule has 5 nitrogen and oxygen atoms in total. The van der Waals surface area contributed by atoms with Gasteiger partial charge >= 0.3 is 0 Å². The van der Waals surface area contributed by atoms with E-state index in [0.29, 0.717) is 6.61 Å². The van der Waals surface area contributed by atoms with Crippen molar-refractivity contribution in [2.75, 3.05) is 18.9 Å². The monoisotopic (exact) mass is 181 g/mol. The van der Waals surface area contributed by atoms with Crippen molar-refractivity contribution in [3.8, 4) is 0 Å². The van der Waals surface area contributed by atoms with Crippen LogP contribution < -0.4 is 11.3 Å². The molecule has 0 aliphatic carbocycles. The van der Waals surface area contributed by atoms with Gasteiger partial charge in [0.05, 0.1) is 12.3 Å². The van der Waals surface area contributed by atoms with Crippen LogP contribution in [0.15, 0.2) is 10.9 Å². The molecule has 1 fully saturated rings. The molecule has 0 bridgehead atoms. The average Bonchev–Trinajstić information content (AvgIpc) is 2.53. The number of rotatable bonds is 1. The fraction of sp³-hybridized carbons (Fsp3) is 0.500. The SMILES string of the molecule is Nc1nc(C2CCOC2)cc(=O)[nH]1. The van der Waals surface area contributed by atoms with Gasteiger partial charge in [0.25, 0.3) is 5.56 Å². The van der Waals surface area contributed by atoms with E-state index < -0.39 is 0 Å². The van der Waals surface area contributed by atoms with Crippen LogP contribution in [-0.4, -0.2) is 23.2 Å². The Balaban J connectivity index is 2.33. The molecule has 0 spiro atoms. The van der Waals surface area contributed by atoms with Gasteiger partial charge in [-0.15, -0.1) is 0 Å². The van der Waals surface area contributed by atoms with E-state index in [2.05, 4.69) is 9.97 Å². The molecule has 5 heteroatoms. The zero-order chi connectivity index (χ0) is 9.26. The van der Waals surface area contributed by atoms with Gasteiger partial charge in [-0.3, -0.25) is 9.78 Å². The summed E-state index contributed by atoms with van der Waals surface area (Å²) < 4.78 is 5.20. The Morgan fingerprint density at radius 3 is 3.15 bits per heavy atom. The number of H-pyrrole nitrogens is 1. The predicted molar refractivity (Wildman–Crippen MR) is 47.4 cm³/mol. The summed E-state index contributed by atoms with van der Waals surface area (Å²) in [6, 6.07) is 1.48. The van der Waals surface area contributed by atoms with Crippen LogP contribution in [0.2, 0.25) is 0 Å². The van der Waals surface area contributed by atoms with E-state index in [4.69, 9.17) is 10.5 Å². The number of nitrogens with two attached hydrogens (primary N) is 1. The average molecular weight is 181 g/mol. The molecule has 1 atom stereocenters. The number of aromatic nitrogens is 2. The van der Waals surface area contributed by atoms with Crippen molar-refractivity contribution >= 4 is 5.95 Å². The molecule has 1 aliphatic heterocycles. The minimum absolute atomic E-state index is 0.175. The normalized spacial score (nSPS) is 22.0. The number of anilines is 1. The minimum Gasteiger partial charge on any atom is -0.381 e. The third kappa shape index (κ3) is 1.70. The first kappa shape index (κ1) is 8.25. The molecule has 1 saturated heterocycles. The van der Waals surface area contributed by atoms with Crippen LogP contribution >= 0.6 is 0 Å². The second-order valence-electron chi connectivity index (χ2n) is 3.12. The lowest BCUT2D eigenvalue weighted by molar-refractivity contribution is 0.193. The summed E-state index contributed by atoms with van der Waals surface area (Å²) >= 11 is 0. The molecule has 1 aliphatic rings. The van der Waals surface area contributed by atoms with Gasteiger partial charge in [0.2, 0.25) is 5.95 Å². The molecule has 70 valence electrons. The van der Waals surface area contributed by atoms with E-state index in [-0.39, 0.29) is 17.4 Å². The number of nitrogens with zero attached hydrogens (tertiary/aromatic N) is 1. The van der Waals surface area contributed by atoms with Crippen molar-refractivity contribution < 1.29 is 4.74 Å². The molecular weight excluding hydrogens is 170 g/mol. The van der Waals surface area contributed by atoms with E-state index in [1.54, 1.807) is 0 Å². The molecule has 0 radical (unpaired) electrons. The summed E-state index contributed by atoms with van der Waals surface area (Å²) in [6.45, 7) is 1.37. The van der Waals surface area contributed by atoms with Gasteiger partial charge < -0.3 is 10.5 Å². The summed E-state index contributed by atoms with van der Waals surface area (Å²) in [7, 11) is 0. The number of nitrogens with one attached hydrogen (secondary N) is 1. The summed E-state index contributed by atoms with van der Waals surface area (Å²) in [4.78, 5) is 17.5. The van der Waals surface area contributed by atoms with Crippen LogP contribution in [0.1, 0.15) is 18.0 Å². The van der Waals surface area contributed by atoms with Crippen molar-refractivity contribution in [2.24, 2.45) is 0 Å². The zero-order valence-corrected chi connectivity index (χ0v) is 7.12. The van der Waals surface area contributed by atoms with Crippen LogP contribution in [-0.2, 0) is 4.74 Å². The van der Waals surface area contributed by atoms with E-state index in [0.717, 1.165) is 18.7 Å². The first-order valence-electron chi connectivity index (χ1n) is 4.20. The van der Waals surface area contributed by atoms with Crippen molar-refractivity contribution in [1.29, 1.82) is 0 Å². The van der Waals surface area contributed by atoms with Gasteiger partial charge in [0.15, 0.2) is 0 Å². The molecule has 0 saturated carbocycles. The maximum Gasteiger partial charge on any atom is 0.252 e. The number of ether oxygens (including phenoxy) is 1. The highest BCUT2D eigenvalue weighted by atomic mass is 16.5. The smallest absolute Gasteiger partial charge is 0.252 e. The van der Waals surface area contributed by atoms with Crippen molar-refractivity contribution in [1.82, 2.24) is 9.97 Å². The maximum absolute atomic E-state index is 11.1. The molecule has 1 aromatic rings. The summed E-state index contributed by atoms with van der Waals surface area (Å²) in [5.74, 6) is 0.402. The summed E-state index contributed by atoms with van der Waals surface area (Å²) in [6.07, 6.45) is 0.913. The number of nitrogen functional groups attached to an aromatic ring is 1. The molecule has 13 heavy (non-hydrogen) atoms. The Morgan fingerprint density at radius 2 is 2.54 bits per heavy atom. The predicted octanol–water partition coefficient (Wildman–Crippen LogP) is -0.144. The standard InChI is InChI=1S/C8H11N3O2/c9-8-10-6(3-7(12)11-8)5-1-2-13-4-5/h3,5H,1-2,4H2,(H3,9,10,11,12). The van der Waals surface area contributed by atoms with Crippen LogP contribution in [0.5, 0.6) is 0 Å². The molecule has 0 aromatic carbocycles. The number of hydrogen-bond donors (Lipinski definition) is 2. The van der Waals surface area contributed by atoms with Gasteiger partial charge in [-0.1, -0.05) is 0 Å². The highest BCUT2D eigenvalue weighted by Crippen LogP contribution is 2.22. The maximum atomic E-state index is 11.1. The lowest BCUT2D eigenvalue weighted by Crippen LogP contribution is -2.14. The Bertz CT molecular complexity index is 355. The summed E-state index contributed by atoms with van der Waals surface area (Å²) in [5.41, 5.74) is 5.95. The first-order valence-corrected chi connectivity index (χ1v) is 4.20. The molecular formula is C8H11N3O2. The lowest BCUT2D eigenvalue weighted by Gasteiger charge is -2.05. The van der Waals surface area contributed by atoms with Crippen molar-refractivity contribution in [3.05, 3.63) is 22.1 Å². The summed E-state index contributed by atoms with van der Waals surface area (Å²) in [5, 5.41) is 0. The van der Waals surface area contributed by atoms with Gasteiger partial charge in [-0.2, -0.15) is 0 Å². The van der Waals surface area contributed by atoms with Gasteiger partial charge in [-0.05, 0) is 6.42 Å². The van der Waals surface area contributed by atoms with Gasteiger partial charge in [0.1, 0.15) is 0 Å². The van der Waals surface area contributed by atoms with Crippen LogP contribution in [0.4, 0.5) is 5.95 Å². The van der Waals surface area contributed by atoms with Gasteiger partial charge in [-0.25, -0.2) is 4.98 Å². The van der Waals surface area contributed by atoms with Crippen molar-refractivity contribution in [2.45, 2.75) is 12.3 Å². The van der Waals surface area contributed by atoms with Crippen LogP contribution in [0.3, 0.4) is 0 Å². The highest BCUT2D eigenvalue weighted by Gasteiger charge is 2.19. The van der Waals surface area contributed by atoms with E-state index in [1.807, 2.05) is 0 Å². The molecule has 1 aromatic heterocycles. The van der Waals surface area contributed by atoms with Crippen LogP contribution in [0.25, 0.3) is 0 Å². The van der Waals surface area contributed by atoms with Crippen LogP contribution in [0, 0.1) is 0 Å². The Labute approximate surface area is 74.9 Å². The fourth-order valence-electron chi connectivity index (χ4n) is 1.47. The lowest BCUT2D eigenvalue weighted by atomic mass is 10.1. The van der Waals surface area contributed by atoms with E-state index in [9.17, 15) is 4.79 Å². The molecule has 0 amide bonds. The van der Waals surface area contributed by atoms with Gasteiger partial charge in [0, 0.05) is 18.6 Å². The Morgan fingerprint density at radius 1 is 1.69 bits per heavy atom. The van der Waals surface area contributed by atoms with E-state index >= 15 is 0 Å². The second-order valence-corrected chi connectivity index (χ2v) is 3.12. The molecule has 2 rings (SSSR count). The topological polar surface area (TPSA) is 81.0 Å². The van der Waals surface area contributed by atoms with E-state index in [1.165, 1.54) is 6.07 Å². The van der Waals surface area contributed by atoms with Crippen molar-refractivity contribution in [3.63, 3.8) is 0 Å². The third-order valence-corrected chi connectivity index (χ3v) is 2.13. The minimum atomic E-state index is -0.200. The molecule has 1 unspecified atom stereocenters. The largest absolute Gasteiger partial charge is 0.381 e. The number of aromatic amines is 1. The molecule has 3 N–H and O–H groups in total. The fourth-order valence-corrected chi connectivity index (χ4v) is 1.47. The third-order valence-electron chi connectivity index (χ3n) is 2.13. The quantitative estimate of drug-likeness (QED) is 0.631.